The second-order valence-corrected chi connectivity index (χ2v) is 7.64. The Kier molecular flexibility index (Phi) is 6.44. The first-order valence-electron chi connectivity index (χ1n) is 9.04. The number of hydrazone groups is 1. The molecule has 0 radical (unpaired) electrons. The van der Waals surface area contributed by atoms with Crippen molar-refractivity contribution >= 4 is 23.9 Å². The van der Waals surface area contributed by atoms with Gasteiger partial charge in [-0.05, 0) is 38.8 Å². The minimum atomic E-state index is -0.166. The number of nitrogens with zero attached hydrogens (tertiary/aromatic N) is 4. The Labute approximate surface area is 158 Å². The van der Waals surface area contributed by atoms with Gasteiger partial charge >= 0.3 is 0 Å². The van der Waals surface area contributed by atoms with Crippen LogP contribution < -0.4 is 5.43 Å². The van der Waals surface area contributed by atoms with Gasteiger partial charge in [0.05, 0.1) is 12.0 Å². The lowest BCUT2D eigenvalue weighted by molar-refractivity contribution is -0.118. The van der Waals surface area contributed by atoms with Crippen LogP contribution in [0, 0.1) is 13.8 Å². The molecular formula is C19H25N5OS. The Morgan fingerprint density at radius 1 is 1.31 bits per heavy atom. The first kappa shape index (κ1) is 18.6. The van der Waals surface area contributed by atoms with Gasteiger partial charge in [-0.3, -0.25) is 4.79 Å². The highest BCUT2D eigenvalue weighted by atomic mass is 32.2. The van der Waals surface area contributed by atoms with Crippen LogP contribution in [-0.2, 0) is 4.79 Å². The summed E-state index contributed by atoms with van der Waals surface area (Å²) in [6.45, 7) is 3.84. The molecule has 138 valence electrons. The average molecular weight is 372 g/mol. The molecule has 1 saturated carbocycles. The molecule has 1 fully saturated rings. The van der Waals surface area contributed by atoms with Crippen LogP contribution >= 0.6 is 11.8 Å². The van der Waals surface area contributed by atoms with Crippen LogP contribution in [0.15, 0.2) is 34.8 Å². The first-order chi connectivity index (χ1) is 12.6. The molecule has 6 nitrogen and oxygen atoms in total. The zero-order valence-electron chi connectivity index (χ0n) is 15.3. The van der Waals surface area contributed by atoms with Crippen molar-refractivity contribution in [2.24, 2.45) is 5.10 Å². The van der Waals surface area contributed by atoms with Gasteiger partial charge in [0, 0.05) is 35.4 Å². The summed E-state index contributed by atoms with van der Waals surface area (Å²) in [5, 5.41) is 4.67. The summed E-state index contributed by atoms with van der Waals surface area (Å²) in [5.74, 6) is 0.0734. The molecule has 0 saturated heterocycles. The highest BCUT2D eigenvalue weighted by Gasteiger charge is 2.14. The molecule has 2 aromatic rings. The van der Waals surface area contributed by atoms with E-state index in [1.807, 2.05) is 26.0 Å². The molecule has 3 rings (SSSR count). The van der Waals surface area contributed by atoms with Crippen LogP contribution in [-0.4, -0.2) is 32.4 Å². The van der Waals surface area contributed by atoms with Crippen molar-refractivity contribution in [1.29, 1.82) is 0 Å². The predicted molar refractivity (Wildman–Crippen MR) is 105 cm³/mol. The summed E-state index contributed by atoms with van der Waals surface area (Å²) in [6, 6.07) is 4.55. The number of aryl methyl sites for hydroxylation is 2. The van der Waals surface area contributed by atoms with E-state index in [0.717, 1.165) is 17.0 Å². The predicted octanol–water partition coefficient (Wildman–Crippen LogP) is 3.64. The van der Waals surface area contributed by atoms with Crippen molar-refractivity contribution in [2.75, 3.05) is 5.75 Å². The Bertz CT molecular complexity index is 760. The van der Waals surface area contributed by atoms with E-state index < -0.39 is 0 Å². The van der Waals surface area contributed by atoms with Gasteiger partial charge in [0.1, 0.15) is 0 Å². The molecule has 0 aromatic carbocycles. The molecule has 1 N–H and O–H groups in total. The van der Waals surface area contributed by atoms with Gasteiger partial charge in [0.25, 0.3) is 5.91 Å². The Morgan fingerprint density at radius 3 is 2.77 bits per heavy atom. The van der Waals surface area contributed by atoms with Gasteiger partial charge in [0.2, 0.25) is 0 Å². The zero-order valence-corrected chi connectivity index (χ0v) is 16.1. The lowest BCUT2D eigenvalue weighted by atomic mass is 9.95. The minimum absolute atomic E-state index is 0.166. The van der Waals surface area contributed by atoms with Crippen LogP contribution in [0.3, 0.4) is 0 Å². The molecule has 1 aliphatic rings. The molecule has 1 aliphatic carbocycles. The van der Waals surface area contributed by atoms with Crippen LogP contribution in [0.2, 0.25) is 0 Å². The Balaban J connectivity index is 1.46. The lowest BCUT2D eigenvalue weighted by Gasteiger charge is -2.23. The molecular weight excluding hydrogens is 346 g/mol. The Hall–Kier alpha value is -2.15. The number of rotatable bonds is 6. The number of thioether (sulfide) groups is 1. The lowest BCUT2D eigenvalue weighted by Crippen LogP contribution is -2.19. The fourth-order valence-electron chi connectivity index (χ4n) is 3.21. The largest absolute Gasteiger partial charge is 0.351 e. The standard InChI is InChI=1S/C19H25N5OS/c1-14-10-15(2)22-19(21-14)26-13-18(25)23-20-11-16-8-9-24(12-16)17-6-4-3-5-7-17/h8-12,17H,3-7,13H2,1-2H3,(H,23,25)/b20-11-. The van der Waals surface area contributed by atoms with E-state index in [1.165, 1.54) is 43.9 Å². The molecule has 2 heterocycles. The van der Waals surface area contributed by atoms with Crippen molar-refractivity contribution in [3.05, 3.63) is 41.5 Å². The van der Waals surface area contributed by atoms with Crippen LogP contribution in [0.25, 0.3) is 0 Å². The summed E-state index contributed by atoms with van der Waals surface area (Å²) in [7, 11) is 0. The van der Waals surface area contributed by atoms with E-state index in [9.17, 15) is 4.79 Å². The molecule has 0 atom stereocenters. The molecule has 0 bridgehead atoms. The van der Waals surface area contributed by atoms with E-state index in [1.54, 1.807) is 6.21 Å². The zero-order chi connectivity index (χ0) is 18.4. The van der Waals surface area contributed by atoms with Gasteiger partial charge in [-0.1, -0.05) is 31.0 Å². The average Bonchev–Trinajstić information content (AvgIpc) is 3.09. The van der Waals surface area contributed by atoms with Crippen LogP contribution in [0.5, 0.6) is 0 Å². The van der Waals surface area contributed by atoms with E-state index in [4.69, 9.17) is 0 Å². The third kappa shape index (κ3) is 5.42. The maximum atomic E-state index is 11.9. The summed E-state index contributed by atoms with van der Waals surface area (Å²) < 4.78 is 2.27. The second-order valence-electron chi connectivity index (χ2n) is 6.70. The van der Waals surface area contributed by atoms with Crippen molar-refractivity contribution < 1.29 is 4.79 Å². The monoisotopic (exact) mass is 371 g/mol. The second kappa shape index (κ2) is 8.98. The number of hydrogen-bond donors (Lipinski definition) is 1. The molecule has 1 amide bonds. The molecule has 0 aliphatic heterocycles. The molecule has 26 heavy (non-hydrogen) atoms. The van der Waals surface area contributed by atoms with Gasteiger partial charge in [-0.25, -0.2) is 15.4 Å². The molecule has 0 spiro atoms. The van der Waals surface area contributed by atoms with E-state index in [2.05, 4.69) is 37.5 Å². The maximum absolute atomic E-state index is 11.9. The van der Waals surface area contributed by atoms with Gasteiger partial charge < -0.3 is 4.57 Å². The number of carbonyl (C=O) groups is 1. The number of hydrogen-bond acceptors (Lipinski definition) is 5. The smallest absolute Gasteiger partial charge is 0.250 e. The SMILES string of the molecule is Cc1cc(C)nc(SCC(=O)N/N=C\c2ccn(C3CCCCC3)c2)n1. The third-order valence-electron chi connectivity index (χ3n) is 4.43. The van der Waals surface area contributed by atoms with Crippen LogP contribution in [0.1, 0.15) is 55.1 Å². The van der Waals surface area contributed by atoms with E-state index in [0.29, 0.717) is 11.2 Å². The number of nitrogens with one attached hydrogen (secondary N) is 1. The highest BCUT2D eigenvalue weighted by Crippen LogP contribution is 2.28. The fraction of sp³-hybridized carbons (Fsp3) is 0.474. The summed E-state index contributed by atoms with van der Waals surface area (Å²) >= 11 is 1.31. The molecule has 7 heteroatoms. The van der Waals surface area contributed by atoms with Crippen molar-refractivity contribution in [3.8, 4) is 0 Å². The fourth-order valence-corrected chi connectivity index (χ4v) is 3.95. The van der Waals surface area contributed by atoms with Crippen molar-refractivity contribution in [1.82, 2.24) is 20.0 Å². The molecule has 2 aromatic heterocycles. The summed E-state index contributed by atoms with van der Waals surface area (Å²) in [5.41, 5.74) is 5.37. The van der Waals surface area contributed by atoms with Gasteiger partial charge in [-0.15, -0.1) is 0 Å². The minimum Gasteiger partial charge on any atom is -0.351 e. The summed E-state index contributed by atoms with van der Waals surface area (Å²) in [6.07, 6.45) is 12.4. The molecule has 0 unspecified atom stereocenters. The normalized spacial score (nSPS) is 15.5. The number of carbonyl (C=O) groups excluding carboxylic acids is 1. The maximum Gasteiger partial charge on any atom is 0.250 e. The van der Waals surface area contributed by atoms with Gasteiger partial charge in [0.15, 0.2) is 5.16 Å². The van der Waals surface area contributed by atoms with E-state index >= 15 is 0 Å². The first-order valence-corrected chi connectivity index (χ1v) is 10.0. The number of aromatic nitrogens is 3. The van der Waals surface area contributed by atoms with Crippen LogP contribution in [0.4, 0.5) is 0 Å². The third-order valence-corrected chi connectivity index (χ3v) is 5.28. The Morgan fingerprint density at radius 2 is 2.04 bits per heavy atom. The van der Waals surface area contributed by atoms with Gasteiger partial charge in [-0.2, -0.15) is 5.10 Å². The quantitative estimate of drug-likeness (QED) is 0.364. The van der Waals surface area contributed by atoms with Crippen molar-refractivity contribution in [2.45, 2.75) is 57.1 Å². The topological polar surface area (TPSA) is 72.2 Å². The van der Waals surface area contributed by atoms with E-state index in [-0.39, 0.29) is 11.7 Å². The summed E-state index contributed by atoms with van der Waals surface area (Å²) in [4.78, 5) is 20.5. The number of amides is 1. The van der Waals surface area contributed by atoms with Crippen molar-refractivity contribution in [3.63, 3.8) is 0 Å². The highest BCUT2D eigenvalue weighted by molar-refractivity contribution is 7.99.